The normalized spacial score (nSPS) is 31.2. The zero-order valence-electron chi connectivity index (χ0n) is 8.83. The van der Waals surface area contributed by atoms with Crippen LogP contribution in [0.2, 0.25) is 0 Å². The fourth-order valence-electron chi connectivity index (χ4n) is 2.59. The first-order valence-corrected chi connectivity index (χ1v) is 5.82. The Morgan fingerprint density at radius 1 is 1.40 bits per heavy atom. The van der Waals surface area contributed by atoms with E-state index in [1.807, 2.05) is 0 Å². The van der Waals surface area contributed by atoms with Gasteiger partial charge in [0.25, 0.3) is 0 Å². The van der Waals surface area contributed by atoms with Crippen LogP contribution in [0, 0.1) is 0 Å². The van der Waals surface area contributed by atoms with E-state index in [1.165, 1.54) is 24.2 Å². The molecule has 1 saturated heterocycles. The van der Waals surface area contributed by atoms with Gasteiger partial charge in [-0.1, -0.05) is 0 Å². The SMILES string of the molecule is c1nc2c([nH]1)CCNC2C1CCCCO1. The lowest BCUT2D eigenvalue weighted by Crippen LogP contribution is -2.40. The smallest absolute Gasteiger partial charge is 0.0925 e. The third-order valence-corrected chi connectivity index (χ3v) is 3.37. The van der Waals surface area contributed by atoms with Crippen molar-refractivity contribution in [2.75, 3.05) is 13.2 Å². The summed E-state index contributed by atoms with van der Waals surface area (Å²) in [6.45, 7) is 1.93. The van der Waals surface area contributed by atoms with E-state index >= 15 is 0 Å². The molecule has 1 aromatic rings. The number of aromatic nitrogens is 2. The summed E-state index contributed by atoms with van der Waals surface area (Å²) in [6, 6.07) is 0.306. The van der Waals surface area contributed by atoms with Crippen LogP contribution in [0.15, 0.2) is 6.33 Å². The predicted octanol–water partition coefficient (Wildman–Crippen LogP) is 1.17. The van der Waals surface area contributed by atoms with Gasteiger partial charge in [0.05, 0.1) is 24.2 Å². The third-order valence-electron chi connectivity index (χ3n) is 3.37. The lowest BCUT2D eigenvalue weighted by Gasteiger charge is -2.33. The number of fused-ring (bicyclic) bond motifs is 1. The van der Waals surface area contributed by atoms with Crippen molar-refractivity contribution in [3.63, 3.8) is 0 Å². The number of hydrogen-bond donors (Lipinski definition) is 2. The van der Waals surface area contributed by atoms with Crippen LogP contribution in [0.1, 0.15) is 36.7 Å². The zero-order valence-corrected chi connectivity index (χ0v) is 8.83. The van der Waals surface area contributed by atoms with Crippen LogP contribution in [0.25, 0.3) is 0 Å². The Morgan fingerprint density at radius 2 is 2.40 bits per heavy atom. The highest BCUT2D eigenvalue weighted by Crippen LogP contribution is 2.29. The lowest BCUT2D eigenvalue weighted by molar-refractivity contribution is -0.0104. The van der Waals surface area contributed by atoms with Gasteiger partial charge in [-0.2, -0.15) is 0 Å². The van der Waals surface area contributed by atoms with Gasteiger partial charge in [0.1, 0.15) is 0 Å². The van der Waals surface area contributed by atoms with Crippen LogP contribution in [0.3, 0.4) is 0 Å². The number of aromatic amines is 1. The summed E-state index contributed by atoms with van der Waals surface area (Å²) < 4.78 is 5.83. The minimum atomic E-state index is 0.306. The average molecular weight is 207 g/mol. The maximum Gasteiger partial charge on any atom is 0.0925 e. The Balaban J connectivity index is 1.82. The molecule has 0 aromatic carbocycles. The molecule has 15 heavy (non-hydrogen) atoms. The Hall–Kier alpha value is -0.870. The van der Waals surface area contributed by atoms with Gasteiger partial charge in [0.2, 0.25) is 0 Å². The van der Waals surface area contributed by atoms with E-state index in [9.17, 15) is 0 Å². The summed E-state index contributed by atoms with van der Waals surface area (Å²) in [5.41, 5.74) is 2.46. The van der Waals surface area contributed by atoms with E-state index in [4.69, 9.17) is 4.74 Å². The standard InChI is InChI=1S/C11H17N3O/c1-2-6-15-9(3-1)11-10-8(4-5-12-11)13-7-14-10/h7,9,11-12H,1-6H2,(H,13,14). The van der Waals surface area contributed by atoms with Gasteiger partial charge in [-0.25, -0.2) is 4.98 Å². The number of nitrogens with zero attached hydrogens (tertiary/aromatic N) is 1. The summed E-state index contributed by atoms with van der Waals surface area (Å²) in [5.74, 6) is 0. The molecule has 0 amide bonds. The second kappa shape index (κ2) is 3.94. The van der Waals surface area contributed by atoms with Crippen LogP contribution in [0.5, 0.6) is 0 Å². The third kappa shape index (κ3) is 1.68. The lowest BCUT2D eigenvalue weighted by atomic mass is 9.95. The summed E-state index contributed by atoms with van der Waals surface area (Å²) in [4.78, 5) is 7.64. The highest BCUT2D eigenvalue weighted by molar-refractivity contribution is 5.20. The van der Waals surface area contributed by atoms with Gasteiger partial charge in [0.15, 0.2) is 0 Å². The zero-order chi connectivity index (χ0) is 10.1. The van der Waals surface area contributed by atoms with Crippen molar-refractivity contribution in [2.45, 2.75) is 37.8 Å². The van der Waals surface area contributed by atoms with Crippen LogP contribution < -0.4 is 5.32 Å². The molecule has 82 valence electrons. The number of ether oxygens (including phenoxy) is 1. The minimum absolute atomic E-state index is 0.306. The van der Waals surface area contributed by atoms with E-state index in [0.29, 0.717) is 12.1 Å². The number of imidazole rings is 1. The molecule has 2 aliphatic heterocycles. The molecule has 0 saturated carbocycles. The molecule has 3 rings (SSSR count). The van der Waals surface area contributed by atoms with Crippen molar-refractivity contribution in [2.24, 2.45) is 0 Å². The summed E-state index contributed by atoms with van der Waals surface area (Å²) >= 11 is 0. The molecule has 1 fully saturated rings. The van der Waals surface area contributed by atoms with Gasteiger partial charge < -0.3 is 15.0 Å². The van der Waals surface area contributed by atoms with E-state index in [1.54, 1.807) is 6.33 Å². The number of hydrogen-bond acceptors (Lipinski definition) is 3. The Labute approximate surface area is 89.4 Å². The molecule has 2 unspecified atom stereocenters. The molecular weight excluding hydrogens is 190 g/mol. The Bertz CT molecular complexity index is 330. The van der Waals surface area contributed by atoms with Crippen molar-refractivity contribution in [1.82, 2.24) is 15.3 Å². The second-order valence-electron chi connectivity index (χ2n) is 4.35. The molecule has 4 nitrogen and oxygen atoms in total. The molecule has 2 atom stereocenters. The van der Waals surface area contributed by atoms with Gasteiger partial charge in [-0.05, 0) is 19.3 Å². The van der Waals surface area contributed by atoms with E-state index in [0.717, 1.165) is 26.0 Å². The number of H-pyrrole nitrogens is 1. The topological polar surface area (TPSA) is 49.9 Å². The first-order chi connectivity index (χ1) is 7.45. The molecule has 0 radical (unpaired) electrons. The predicted molar refractivity (Wildman–Crippen MR) is 56.6 cm³/mol. The molecule has 4 heteroatoms. The molecule has 0 aliphatic carbocycles. The molecule has 2 aliphatic rings. The number of nitrogens with one attached hydrogen (secondary N) is 2. The average Bonchev–Trinajstić information content (AvgIpc) is 2.78. The molecular formula is C11H17N3O. The van der Waals surface area contributed by atoms with E-state index in [2.05, 4.69) is 15.3 Å². The molecule has 2 N–H and O–H groups in total. The van der Waals surface area contributed by atoms with Crippen LogP contribution in [-0.2, 0) is 11.2 Å². The fraction of sp³-hybridized carbons (Fsp3) is 0.727. The first kappa shape index (κ1) is 9.36. The monoisotopic (exact) mass is 207 g/mol. The quantitative estimate of drug-likeness (QED) is 0.726. The highest BCUT2D eigenvalue weighted by atomic mass is 16.5. The van der Waals surface area contributed by atoms with Crippen molar-refractivity contribution in [3.8, 4) is 0 Å². The molecule has 0 spiro atoms. The van der Waals surface area contributed by atoms with E-state index < -0.39 is 0 Å². The minimum Gasteiger partial charge on any atom is -0.376 e. The van der Waals surface area contributed by atoms with Gasteiger partial charge in [-0.15, -0.1) is 0 Å². The molecule has 0 bridgehead atoms. The second-order valence-corrected chi connectivity index (χ2v) is 4.35. The molecule has 3 heterocycles. The Morgan fingerprint density at radius 3 is 3.27 bits per heavy atom. The maximum absolute atomic E-state index is 5.83. The summed E-state index contributed by atoms with van der Waals surface area (Å²) in [5, 5.41) is 3.52. The van der Waals surface area contributed by atoms with Crippen molar-refractivity contribution in [1.29, 1.82) is 0 Å². The molecule has 1 aromatic heterocycles. The van der Waals surface area contributed by atoms with Crippen molar-refractivity contribution in [3.05, 3.63) is 17.7 Å². The van der Waals surface area contributed by atoms with E-state index in [-0.39, 0.29) is 0 Å². The van der Waals surface area contributed by atoms with Gasteiger partial charge in [-0.3, -0.25) is 0 Å². The Kier molecular flexibility index (Phi) is 2.46. The van der Waals surface area contributed by atoms with Gasteiger partial charge >= 0.3 is 0 Å². The van der Waals surface area contributed by atoms with Gasteiger partial charge in [0, 0.05) is 25.3 Å². The summed E-state index contributed by atoms with van der Waals surface area (Å²) in [6.07, 6.45) is 6.82. The highest BCUT2D eigenvalue weighted by Gasteiger charge is 2.31. The fourth-order valence-corrected chi connectivity index (χ4v) is 2.59. The van der Waals surface area contributed by atoms with Crippen LogP contribution in [-0.4, -0.2) is 29.2 Å². The van der Waals surface area contributed by atoms with Crippen molar-refractivity contribution < 1.29 is 4.74 Å². The first-order valence-electron chi connectivity index (χ1n) is 5.82. The van der Waals surface area contributed by atoms with Crippen LogP contribution in [0.4, 0.5) is 0 Å². The summed E-state index contributed by atoms with van der Waals surface area (Å²) in [7, 11) is 0. The van der Waals surface area contributed by atoms with Crippen molar-refractivity contribution >= 4 is 0 Å². The largest absolute Gasteiger partial charge is 0.376 e. The maximum atomic E-state index is 5.83. The van der Waals surface area contributed by atoms with Crippen LogP contribution >= 0.6 is 0 Å². The number of rotatable bonds is 1.